The van der Waals surface area contributed by atoms with Crippen LogP contribution < -0.4 is 15.8 Å². The highest BCUT2D eigenvalue weighted by atomic mass is 16.5. The number of hydrogen-bond donors (Lipinski definition) is 2. The number of rotatable bonds is 5. The van der Waals surface area contributed by atoms with Gasteiger partial charge in [-0.15, -0.1) is 0 Å². The first-order valence-electron chi connectivity index (χ1n) is 8.59. The van der Waals surface area contributed by atoms with Crippen LogP contribution in [-0.2, 0) is 4.74 Å². The van der Waals surface area contributed by atoms with Crippen molar-refractivity contribution in [2.24, 2.45) is 5.73 Å². The normalized spacial score (nSPS) is 22.9. The molecule has 1 aliphatic heterocycles. The molecule has 126 valence electrons. The standard InChI is InChI=1S/C18H26N2O3/c19-9-10-22-16-6-4-5-14(11-16)17(21)20-15-12-18(23-13-15)7-2-1-3-8-18/h4-6,11,15H,1-3,7-10,12-13,19H2,(H,20,21). The van der Waals surface area contributed by atoms with E-state index < -0.39 is 0 Å². The molecule has 5 heteroatoms. The molecule has 1 unspecified atom stereocenters. The van der Waals surface area contributed by atoms with E-state index in [4.69, 9.17) is 15.2 Å². The van der Waals surface area contributed by atoms with Crippen LogP contribution in [0.1, 0.15) is 48.9 Å². The van der Waals surface area contributed by atoms with Crippen LogP contribution in [0.15, 0.2) is 24.3 Å². The van der Waals surface area contributed by atoms with Gasteiger partial charge in [0.15, 0.2) is 0 Å². The Labute approximate surface area is 137 Å². The van der Waals surface area contributed by atoms with Crippen molar-refractivity contribution in [2.45, 2.75) is 50.2 Å². The second-order valence-corrected chi connectivity index (χ2v) is 6.59. The summed E-state index contributed by atoms with van der Waals surface area (Å²) in [6.45, 7) is 1.52. The number of carbonyl (C=O) groups excluding carboxylic acids is 1. The highest BCUT2D eigenvalue weighted by molar-refractivity contribution is 5.94. The van der Waals surface area contributed by atoms with Crippen molar-refractivity contribution in [3.8, 4) is 5.75 Å². The van der Waals surface area contributed by atoms with E-state index in [1.807, 2.05) is 12.1 Å². The number of nitrogens with one attached hydrogen (secondary N) is 1. The zero-order chi connectivity index (χ0) is 16.1. The molecule has 1 aromatic rings. The second kappa shape index (κ2) is 7.32. The maximum atomic E-state index is 12.5. The number of carbonyl (C=O) groups is 1. The second-order valence-electron chi connectivity index (χ2n) is 6.59. The van der Waals surface area contributed by atoms with Crippen LogP contribution in [0.2, 0.25) is 0 Å². The Balaban J connectivity index is 1.57. The van der Waals surface area contributed by atoms with Crippen LogP contribution in [0.5, 0.6) is 5.75 Å². The summed E-state index contributed by atoms with van der Waals surface area (Å²) in [5.41, 5.74) is 6.06. The fourth-order valence-corrected chi connectivity index (χ4v) is 3.65. The summed E-state index contributed by atoms with van der Waals surface area (Å²) in [6, 6.07) is 7.33. The van der Waals surface area contributed by atoms with Crippen LogP contribution in [0, 0.1) is 0 Å². The van der Waals surface area contributed by atoms with Gasteiger partial charge in [0.1, 0.15) is 12.4 Å². The smallest absolute Gasteiger partial charge is 0.251 e. The zero-order valence-corrected chi connectivity index (χ0v) is 13.6. The number of amides is 1. The Morgan fingerprint density at radius 3 is 2.96 bits per heavy atom. The van der Waals surface area contributed by atoms with Crippen molar-refractivity contribution >= 4 is 5.91 Å². The van der Waals surface area contributed by atoms with Gasteiger partial charge in [-0.3, -0.25) is 4.79 Å². The first-order valence-corrected chi connectivity index (χ1v) is 8.59. The van der Waals surface area contributed by atoms with Crippen molar-refractivity contribution in [2.75, 3.05) is 19.8 Å². The molecule has 1 saturated carbocycles. The lowest BCUT2D eigenvalue weighted by atomic mass is 9.82. The number of hydrogen-bond acceptors (Lipinski definition) is 4. The molecule has 1 amide bonds. The molecule has 5 nitrogen and oxygen atoms in total. The maximum Gasteiger partial charge on any atom is 0.251 e. The average Bonchev–Trinajstić information content (AvgIpc) is 2.96. The van der Waals surface area contributed by atoms with Crippen LogP contribution >= 0.6 is 0 Å². The molecular weight excluding hydrogens is 292 g/mol. The van der Waals surface area contributed by atoms with E-state index in [1.165, 1.54) is 19.3 Å². The predicted octanol–water partition coefficient (Wildman–Crippen LogP) is 2.25. The molecule has 0 aromatic heterocycles. The summed E-state index contributed by atoms with van der Waals surface area (Å²) < 4.78 is 11.5. The molecule has 3 rings (SSSR count). The third-order valence-electron chi connectivity index (χ3n) is 4.79. The minimum Gasteiger partial charge on any atom is -0.492 e. The Morgan fingerprint density at radius 1 is 1.35 bits per heavy atom. The summed E-state index contributed by atoms with van der Waals surface area (Å²) in [6.07, 6.45) is 6.96. The average molecular weight is 318 g/mol. The summed E-state index contributed by atoms with van der Waals surface area (Å²) in [5.74, 6) is 0.610. The van der Waals surface area contributed by atoms with E-state index in [9.17, 15) is 4.79 Å². The monoisotopic (exact) mass is 318 g/mol. The minimum atomic E-state index is -0.0651. The van der Waals surface area contributed by atoms with Crippen LogP contribution in [0.4, 0.5) is 0 Å². The molecule has 1 heterocycles. The SMILES string of the molecule is NCCOc1cccc(C(=O)NC2COC3(CCCCC3)C2)c1. The third kappa shape index (κ3) is 4.03. The maximum absolute atomic E-state index is 12.5. The van der Waals surface area contributed by atoms with E-state index >= 15 is 0 Å². The highest BCUT2D eigenvalue weighted by Gasteiger charge is 2.41. The Hall–Kier alpha value is -1.59. The first-order chi connectivity index (χ1) is 11.2. The molecular formula is C18H26N2O3. The van der Waals surface area contributed by atoms with E-state index in [0.717, 1.165) is 19.3 Å². The topological polar surface area (TPSA) is 73.6 Å². The summed E-state index contributed by atoms with van der Waals surface area (Å²) in [7, 11) is 0. The zero-order valence-electron chi connectivity index (χ0n) is 13.6. The molecule has 0 bridgehead atoms. The van der Waals surface area contributed by atoms with E-state index in [1.54, 1.807) is 12.1 Å². The largest absolute Gasteiger partial charge is 0.492 e. The van der Waals surface area contributed by atoms with E-state index in [2.05, 4.69) is 5.32 Å². The molecule has 1 spiro atoms. The summed E-state index contributed by atoms with van der Waals surface area (Å²) >= 11 is 0. The van der Waals surface area contributed by atoms with Gasteiger partial charge in [0.25, 0.3) is 5.91 Å². The van der Waals surface area contributed by atoms with Gasteiger partial charge in [-0.2, -0.15) is 0 Å². The first kappa shape index (κ1) is 16.3. The lowest BCUT2D eigenvalue weighted by Crippen LogP contribution is -2.37. The Morgan fingerprint density at radius 2 is 2.17 bits per heavy atom. The van der Waals surface area contributed by atoms with Crippen LogP contribution in [0.25, 0.3) is 0 Å². The van der Waals surface area contributed by atoms with Crippen molar-refractivity contribution in [3.63, 3.8) is 0 Å². The van der Waals surface area contributed by atoms with Crippen molar-refractivity contribution in [3.05, 3.63) is 29.8 Å². The van der Waals surface area contributed by atoms with Crippen LogP contribution in [0.3, 0.4) is 0 Å². The predicted molar refractivity (Wildman–Crippen MR) is 88.6 cm³/mol. The van der Waals surface area contributed by atoms with E-state index in [-0.39, 0.29) is 17.6 Å². The molecule has 1 aromatic carbocycles. The van der Waals surface area contributed by atoms with Gasteiger partial charge < -0.3 is 20.5 Å². The van der Waals surface area contributed by atoms with Gasteiger partial charge in [0.05, 0.1) is 18.2 Å². The molecule has 2 aliphatic rings. The molecule has 1 saturated heterocycles. The van der Waals surface area contributed by atoms with Crippen molar-refractivity contribution in [1.29, 1.82) is 0 Å². The van der Waals surface area contributed by atoms with Gasteiger partial charge in [0, 0.05) is 12.1 Å². The van der Waals surface area contributed by atoms with Gasteiger partial charge in [-0.25, -0.2) is 0 Å². The quantitative estimate of drug-likeness (QED) is 0.873. The fourth-order valence-electron chi connectivity index (χ4n) is 3.65. The molecule has 3 N–H and O–H groups in total. The minimum absolute atomic E-state index is 0.0162. The number of ether oxygens (including phenoxy) is 2. The number of benzene rings is 1. The van der Waals surface area contributed by atoms with Gasteiger partial charge in [0.2, 0.25) is 0 Å². The fraction of sp³-hybridized carbons (Fsp3) is 0.611. The molecule has 0 radical (unpaired) electrons. The summed E-state index contributed by atoms with van der Waals surface area (Å²) in [4.78, 5) is 12.5. The third-order valence-corrected chi connectivity index (χ3v) is 4.79. The Kier molecular flexibility index (Phi) is 5.18. The number of nitrogens with two attached hydrogens (primary N) is 1. The van der Waals surface area contributed by atoms with Crippen LogP contribution in [-0.4, -0.2) is 37.3 Å². The van der Waals surface area contributed by atoms with Crippen molar-refractivity contribution in [1.82, 2.24) is 5.32 Å². The highest BCUT2D eigenvalue weighted by Crippen LogP contribution is 2.39. The summed E-state index contributed by atoms with van der Waals surface area (Å²) in [5, 5.41) is 3.11. The molecule has 1 atom stereocenters. The lowest BCUT2D eigenvalue weighted by molar-refractivity contribution is -0.0246. The van der Waals surface area contributed by atoms with E-state index in [0.29, 0.717) is 31.1 Å². The van der Waals surface area contributed by atoms with Crippen molar-refractivity contribution < 1.29 is 14.3 Å². The molecule has 1 aliphatic carbocycles. The van der Waals surface area contributed by atoms with Gasteiger partial charge in [-0.1, -0.05) is 25.3 Å². The van der Waals surface area contributed by atoms with Gasteiger partial charge >= 0.3 is 0 Å². The molecule has 23 heavy (non-hydrogen) atoms. The lowest BCUT2D eigenvalue weighted by Gasteiger charge is -2.32. The molecule has 2 fully saturated rings. The Bertz CT molecular complexity index is 541. The van der Waals surface area contributed by atoms with Gasteiger partial charge in [-0.05, 0) is 37.5 Å².